The van der Waals surface area contributed by atoms with Gasteiger partial charge in [-0.25, -0.2) is 4.98 Å². The highest BCUT2D eigenvalue weighted by molar-refractivity contribution is 4.92. The average Bonchev–Trinajstić information content (AvgIpc) is 2.50. The number of rotatable bonds is 5. The molecule has 0 fully saturated rings. The fourth-order valence-electron chi connectivity index (χ4n) is 0.817. The number of nitrogens with one attached hydrogen (secondary N) is 3. The highest BCUT2D eigenvalue weighted by atomic mass is 15.0. The van der Waals surface area contributed by atoms with Crippen molar-refractivity contribution in [1.82, 2.24) is 20.6 Å². The summed E-state index contributed by atoms with van der Waals surface area (Å²) in [5.74, 6) is 0. The van der Waals surface area contributed by atoms with Crippen LogP contribution in [0.5, 0.6) is 0 Å². The van der Waals surface area contributed by atoms with Gasteiger partial charge in [-0.2, -0.15) is 0 Å². The largest absolute Gasteiger partial charge is 0.351 e. The molecule has 62 valence electrons. The summed E-state index contributed by atoms with van der Waals surface area (Å²) in [5.41, 5.74) is 1.06. The number of hydrogen-bond donors (Lipinski definition) is 3. The smallest absolute Gasteiger partial charge is 0.0923 e. The monoisotopic (exact) mass is 154 g/mol. The number of hydrogen-bond acceptors (Lipinski definition) is 3. The van der Waals surface area contributed by atoms with Gasteiger partial charge in [0.25, 0.3) is 0 Å². The molecule has 0 amide bonds. The van der Waals surface area contributed by atoms with Crippen LogP contribution in [0.1, 0.15) is 5.69 Å². The summed E-state index contributed by atoms with van der Waals surface area (Å²) >= 11 is 0. The Bertz CT molecular complexity index is 171. The predicted molar refractivity (Wildman–Crippen MR) is 44.2 cm³/mol. The Hall–Kier alpha value is -0.870. The van der Waals surface area contributed by atoms with Crippen LogP contribution in [0.15, 0.2) is 12.5 Å². The van der Waals surface area contributed by atoms with Crippen molar-refractivity contribution in [1.29, 1.82) is 0 Å². The van der Waals surface area contributed by atoms with Gasteiger partial charge in [-0.3, -0.25) is 0 Å². The number of likely N-dealkylation sites (N-methyl/N-ethyl adjacent to an activating group) is 1. The first-order valence-corrected chi connectivity index (χ1v) is 3.76. The second-order valence-electron chi connectivity index (χ2n) is 2.34. The molecular weight excluding hydrogens is 140 g/mol. The van der Waals surface area contributed by atoms with E-state index < -0.39 is 0 Å². The van der Waals surface area contributed by atoms with Gasteiger partial charge >= 0.3 is 0 Å². The van der Waals surface area contributed by atoms with Crippen molar-refractivity contribution < 1.29 is 0 Å². The summed E-state index contributed by atoms with van der Waals surface area (Å²) in [6, 6.07) is 0. The Morgan fingerprint density at radius 2 is 2.45 bits per heavy atom. The van der Waals surface area contributed by atoms with Crippen molar-refractivity contribution in [3.05, 3.63) is 18.2 Å². The SMILES string of the molecule is CNCCNCc1c[nH]cn1. The number of imidazole rings is 1. The molecule has 0 spiro atoms. The lowest BCUT2D eigenvalue weighted by molar-refractivity contribution is 0.644. The van der Waals surface area contributed by atoms with E-state index in [-0.39, 0.29) is 0 Å². The van der Waals surface area contributed by atoms with Gasteiger partial charge in [0.05, 0.1) is 12.0 Å². The number of aromatic amines is 1. The van der Waals surface area contributed by atoms with Crippen LogP contribution in [0.4, 0.5) is 0 Å². The van der Waals surface area contributed by atoms with Crippen LogP contribution in [0, 0.1) is 0 Å². The van der Waals surface area contributed by atoms with E-state index in [1.54, 1.807) is 6.33 Å². The molecule has 0 unspecified atom stereocenters. The molecule has 1 rings (SSSR count). The highest BCUT2D eigenvalue weighted by Crippen LogP contribution is 1.87. The van der Waals surface area contributed by atoms with Crippen LogP contribution in [-0.4, -0.2) is 30.1 Å². The van der Waals surface area contributed by atoms with Gasteiger partial charge in [0.2, 0.25) is 0 Å². The first kappa shape index (κ1) is 8.23. The van der Waals surface area contributed by atoms with Crippen molar-refractivity contribution in [2.75, 3.05) is 20.1 Å². The van der Waals surface area contributed by atoms with Crippen molar-refractivity contribution in [2.45, 2.75) is 6.54 Å². The second kappa shape index (κ2) is 4.87. The number of H-pyrrole nitrogens is 1. The molecule has 0 bridgehead atoms. The minimum atomic E-state index is 0.838. The quantitative estimate of drug-likeness (QED) is 0.511. The molecule has 0 aromatic carbocycles. The maximum Gasteiger partial charge on any atom is 0.0923 e. The molecule has 1 aromatic heterocycles. The van der Waals surface area contributed by atoms with Crippen LogP contribution in [0.25, 0.3) is 0 Å². The van der Waals surface area contributed by atoms with E-state index in [1.165, 1.54) is 0 Å². The van der Waals surface area contributed by atoms with E-state index >= 15 is 0 Å². The molecule has 0 aliphatic heterocycles. The first-order valence-electron chi connectivity index (χ1n) is 3.76. The molecule has 0 aliphatic rings. The third-order valence-corrected chi connectivity index (χ3v) is 1.41. The van der Waals surface area contributed by atoms with E-state index in [4.69, 9.17) is 0 Å². The number of nitrogens with zero attached hydrogens (tertiary/aromatic N) is 1. The average molecular weight is 154 g/mol. The summed E-state index contributed by atoms with van der Waals surface area (Å²) in [7, 11) is 1.94. The molecule has 0 saturated carbocycles. The second-order valence-corrected chi connectivity index (χ2v) is 2.34. The van der Waals surface area contributed by atoms with Crippen LogP contribution >= 0.6 is 0 Å². The summed E-state index contributed by atoms with van der Waals surface area (Å²) in [6.45, 7) is 2.80. The standard InChI is InChI=1S/C7H14N4/c1-8-2-3-9-4-7-5-10-6-11-7/h5-6,8-9H,2-4H2,1H3,(H,10,11). The highest BCUT2D eigenvalue weighted by Gasteiger charge is 1.91. The minimum Gasteiger partial charge on any atom is -0.351 e. The fraction of sp³-hybridized carbons (Fsp3) is 0.571. The van der Waals surface area contributed by atoms with Crippen LogP contribution in [-0.2, 0) is 6.54 Å². The molecular formula is C7H14N4. The zero-order valence-electron chi connectivity index (χ0n) is 6.72. The van der Waals surface area contributed by atoms with Gasteiger partial charge in [-0.15, -0.1) is 0 Å². The van der Waals surface area contributed by atoms with Crippen LogP contribution < -0.4 is 10.6 Å². The van der Waals surface area contributed by atoms with Crippen molar-refractivity contribution in [3.63, 3.8) is 0 Å². The van der Waals surface area contributed by atoms with E-state index in [0.29, 0.717) is 0 Å². The van der Waals surface area contributed by atoms with Gasteiger partial charge in [0, 0.05) is 25.8 Å². The Morgan fingerprint density at radius 3 is 3.09 bits per heavy atom. The third-order valence-electron chi connectivity index (χ3n) is 1.41. The Labute approximate surface area is 66.4 Å². The van der Waals surface area contributed by atoms with Gasteiger partial charge in [-0.1, -0.05) is 0 Å². The van der Waals surface area contributed by atoms with Crippen molar-refractivity contribution >= 4 is 0 Å². The lowest BCUT2D eigenvalue weighted by Gasteiger charge is -2.00. The number of aromatic nitrogens is 2. The molecule has 0 aliphatic carbocycles. The van der Waals surface area contributed by atoms with E-state index in [2.05, 4.69) is 20.6 Å². The zero-order valence-corrected chi connectivity index (χ0v) is 6.72. The molecule has 3 N–H and O–H groups in total. The molecule has 1 heterocycles. The molecule has 4 heteroatoms. The van der Waals surface area contributed by atoms with Gasteiger partial charge in [0.15, 0.2) is 0 Å². The normalized spacial score (nSPS) is 10.3. The molecule has 1 aromatic rings. The third kappa shape index (κ3) is 3.15. The molecule has 0 radical (unpaired) electrons. The summed E-state index contributed by atoms with van der Waals surface area (Å²) < 4.78 is 0. The van der Waals surface area contributed by atoms with Crippen LogP contribution in [0.2, 0.25) is 0 Å². The Morgan fingerprint density at radius 1 is 1.55 bits per heavy atom. The zero-order chi connectivity index (χ0) is 7.94. The Kier molecular flexibility index (Phi) is 3.64. The lowest BCUT2D eigenvalue weighted by atomic mass is 10.4. The molecule has 11 heavy (non-hydrogen) atoms. The van der Waals surface area contributed by atoms with E-state index in [9.17, 15) is 0 Å². The lowest BCUT2D eigenvalue weighted by Crippen LogP contribution is -2.24. The molecule has 0 atom stereocenters. The molecule has 4 nitrogen and oxygen atoms in total. The predicted octanol–water partition coefficient (Wildman–Crippen LogP) is -0.281. The molecule has 0 saturated heterocycles. The summed E-state index contributed by atoms with van der Waals surface area (Å²) in [5, 5.41) is 6.30. The summed E-state index contributed by atoms with van der Waals surface area (Å²) in [4.78, 5) is 6.98. The van der Waals surface area contributed by atoms with Gasteiger partial charge in [-0.05, 0) is 7.05 Å². The fourth-order valence-corrected chi connectivity index (χ4v) is 0.817. The van der Waals surface area contributed by atoms with Gasteiger partial charge in [0.1, 0.15) is 0 Å². The van der Waals surface area contributed by atoms with E-state index in [0.717, 1.165) is 25.3 Å². The van der Waals surface area contributed by atoms with Crippen molar-refractivity contribution in [2.24, 2.45) is 0 Å². The van der Waals surface area contributed by atoms with Crippen LogP contribution in [0.3, 0.4) is 0 Å². The maximum absolute atomic E-state index is 4.08. The minimum absolute atomic E-state index is 0.838. The summed E-state index contributed by atoms with van der Waals surface area (Å²) in [6.07, 6.45) is 3.58. The van der Waals surface area contributed by atoms with E-state index in [1.807, 2.05) is 13.2 Å². The maximum atomic E-state index is 4.08. The Balaban J connectivity index is 2.04. The first-order chi connectivity index (χ1) is 5.43. The topological polar surface area (TPSA) is 52.7 Å². The van der Waals surface area contributed by atoms with Crippen molar-refractivity contribution in [3.8, 4) is 0 Å². The van der Waals surface area contributed by atoms with Gasteiger partial charge < -0.3 is 15.6 Å².